The van der Waals surface area contributed by atoms with Crippen molar-refractivity contribution in [2.24, 2.45) is 5.92 Å². The Balaban J connectivity index is 2.17. The van der Waals surface area contributed by atoms with Gasteiger partial charge in [-0.2, -0.15) is 13.2 Å². The van der Waals surface area contributed by atoms with Gasteiger partial charge in [0.25, 0.3) is 0 Å². The number of alkyl halides is 3. The van der Waals surface area contributed by atoms with Gasteiger partial charge in [0, 0.05) is 6.54 Å². The monoisotopic (exact) mass is 281 g/mol. The molecule has 1 N–H and O–H groups in total. The number of hydrogen-bond acceptors (Lipinski definition) is 3. The van der Waals surface area contributed by atoms with Gasteiger partial charge >= 0.3 is 12.3 Å². The van der Waals surface area contributed by atoms with E-state index in [0.29, 0.717) is 0 Å². The minimum Gasteiger partial charge on any atom is -0.444 e. The van der Waals surface area contributed by atoms with Gasteiger partial charge < -0.3 is 14.7 Å². The summed E-state index contributed by atoms with van der Waals surface area (Å²) in [4.78, 5) is 12.9. The number of likely N-dealkylation sites (tertiary alicyclic amines) is 1. The predicted molar refractivity (Wildman–Crippen MR) is 60.5 cm³/mol. The maximum atomic E-state index is 12.9. The van der Waals surface area contributed by atoms with E-state index >= 15 is 0 Å². The van der Waals surface area contributed by atoms with Crippen molar-refractivity contribution in [3.63, 3.8) is 0 Å². The predicted octanol–water partition coefficient (Wildman–Crippen LogP) is 2.31. The fourth-order valence-electron chi connectivity index (χ4n) is 2.93. The van der Waals surface area contributed by atoms with Crippen LogP contribution in [0.25, 0.3) is 0 Å². The van der Waals surface area contributed by atoms with Crippen LogP contribution in [0.1, 0.15) is 33.6 Å². The van der Waals surface area contributed by atoms with E-state index in [1.165, 1.54) is 0 Å². The molecule has 2 rings (SSSR count). The summed E-state index contributed by atoms with van der Waals surface area (Å²) in [6.07, 6.45) is -5.68. The molecule has 2 bridgehead atoms. The number of piperidine rings is 1. The van der Waals surface area contributed by atoms with Gasteiger partial charge in [-0.15, -0.1) is 0 Å². The van der Waals surface area contributed by atoms with E-state index in [4.69, 9.17) is 4.74 Å². The second-order valence-corrected chi connectivity index (χ2v) is 6.38. The molecule has 2 fully saturated rings. The van der Waals surface area contributed by atoms with Crippen LogP contribution in [0.3, 0.4) is 0 Å². The van der Waals surface area contributed by atoms with Crippen molar-refractivity contribution in [2.75, 3.05) is 6.54 Å². The third-order valence-corrected chi connectivity index (χ3v) is 3.66. The molecule has 1 heterocycles. The highest BCUT2D eigenvalue weighted by atomic mass is 19.4. The molecule has 1 saturated carbocycles. The minimum absolute atomic E-state index is 0.176. The van der Waals surface area contributed by atoms with Crippen LogP contribution in [0.5, 0.6) is 0 Å². The molecule has 1 aliphatic heterocycles. The van der Waals surface area contributed by atoms with Gasteiger partial charge in [-0.25, -0.2) is 4.79 Å². The first kappa shape index (κ1) is 14.4. The molecule has 0 unspecified atom stereocenters. The Kier molecular flexibility index (Phi) is 3.04. The second-order valence-electron chi connectivity index (χ2n) is 6.38. The highest BCUT2D eigenvalue weighted by Gasteiger charge is 2.68. The number of halogens is 3. The maximum absolute atomic E-state index is 12.9. The zero-order valence-electron chi connectivity index (χ0n) is 11.1. The molecular weight excluding hydrogens is 263 g/mol. The quantitative estimate of drug-likeness (QED) is 0.741. The van der Waals surface area contributed by atoms with Gasteiger partial charge in [0.15, 0.2) is 5.60 Å². The third kappa shape index (κ3) is 2.40. The lowest BCUT2D eigenvalue weighted by atomic mass is 9.92. The van der Waals surface area contributed by atoms with Crippen LogP contribution in [-0.4, -0.2) is 46.1 Å². The molecule has 0 spiro atoms. The van der Waals surface area contributed by atoms with Gasteiger partial charge in [0.1, 0.15) is 5.60 Å². The number of ether oxygens (including phenoxy) is 1. The van der Waals surface area contributed by atoms with E-state index in [0.717, 1.165) is 4.90 Å². The van der Waals surface area contributed by atoms with Crippen LogP contribution in [0, 0.1) is 5.92 Å². The van der Waals surface area contributed by atoms with Crippen molar-refractivity contribution in [3.05, 3.63) is 0 Å². The molecule has 19 heavy (non-hydrogen) atoms. The zero-order chi connectivity index (χ0) is 14.6. The van der Waals surface area contributed by atoms with E-state index in [1.54, 1.807) is 20.8 Å². The lowest BCUT2D eigenvalue weighted by molar-refractivity contribution is -0.277. The van der Waals surface area contributed by atoms with Crippen LogP contribution in [0.15, 0.2) is 0 Å². The smallest absolute Gasteiger partial charge is 0.419 e. The average molecular weight is 281 g/mol. The molecule has 7 heteroatoms. The first-order valence-electron chi connectivity index (χ1n) is 6.23. The number of aliphatic hydroxyl groups is 1. The lowest BCUT2D eigenvalue weighted by Crippen LogP contribution is -2.60. The number of hydrogen-bond donors (Lipinski definition) is 1. The van der Waals surface area contributed by atoms with Crippen molar-refractivity contribution in [3.8, 4) is 0 Å². The maximum Gasteiger partial charge on any atom is 0.419 e. The van der Waals surface area contributed by atoms with Gasteiger partial charge in [-0.1, -0.05) is 0 Å². The normalized spacial score (nSPS) is 34.8. The summed E-state index contributed by atoms with van der Waals surface area (Å²) >= 11 is 0. The topological polar surface area (TPSA) is 49.8 Å². The summed E-state index contributed by atoms with van der Waals surface area (Å²) in [6, 6.07) is -1.23. The third-order valence-electron chi connectivity index (χ3n) is 3.66. The average Bonchev–Trinajstić information content (AvgIpc) is 2.70. The summed E-state index contributed by atoms with van der Waals surface area (Å²) in [6.45, 7) is 5.16. The largest absolute Gasteiger partial charge is 0.444 e. The summed E-state index contributed by atoms with van der Waals surface area (Å²) in [5, 5.41) is 9.86. The second kappa shape index (κ2) is 4.01. The van der Waals surface area contributed by atoms with Gasteiger partial charge in [-0.05, 0) is 39.5 Å². The molecule has 2 aliphatic rings. The summed E-state index contributed by atoms with van der Waals surface area (Å²) in [5.41, 5.74) is -3.57. The van der Waals surface area contributed by atoms with Crippen LogP contribution in [0.4, 0.5) is 18.0 Å². The van der Waals surface area contributed by atoms with Crippen LogP contribution < -0.4 is 0 Å². The van der Waals surface area contributed by atoms with Crippen molar-refractivity contribution >= 4 is 6.09 Å². The first-order chi connectivity index (χ1) is 8.44. The molecule has 0 aromatic rings. The van der Waals surface area contributed by atoms with E-state index < -0.39 is 29.5 Å². The van der Waals surface area contributed by atoms with E-state index in [-0.39, 0.29) is 25.3 Å². The molecule has 1 amide bonds. The van der Waals surface area contributed by atoms with E-state index in [2.05, 4.69) is 0 Å². The Morgan fingerprint density at radius 2 is 1.95 bits per heavy atom. The molecule has 3 atom stereocenters. The highest BCUT2D eigenvalue weighted by molar-refractivity contribution is 5.69. The SMILES string of the molecule is CC(C)(C)OC(=O)N1C[C@H]2C[C@@H]1[C@](O)(C(F)(F)F)C2. The van der Waals surface area contributed by atoms with Gasteiger partial charge in [0.05, 0.1) is 6.04 Å². The van der Waals surface area contributed by atoms with Crippen molar-refractivity contribution in [1.82, 2.24) is 4.90 Å². The van der Waals surface area contributed by atoms with E-state index in [1.807, 2.05) is 0 Å². The molecule has 1 saturated heterocycles. The highest BCUT2D eigenvalue weighted by Crippen LogP contribution is 2.52. The van der Waals surface area contributed by atoms with Gasteiger partial charge in [-0.3, -0.25) is 0 Å². The Morgan fingerprint density at radius 1 is 1.37 bits per heavy atom. The first-order valence-corrected chi connectivity index (χ1v) is 6.23. The van der Waals surface area contributed by atoms with Crippen molar-refractivity contribution in [2.45, 2.75) is 57.0 Å². The fourth-order valence-corrected chi connectivity index (χ4v) is 2.93. The summed E-state index contributed by atoms with van der Waals surface area (Å²) in [7, 11) is 0. The van der Waals surface area contributed by atoms with Crippen molar-refractivity contribution in [1.29, 1.82) is 0 Å². The van der Waals surface area contributed by atoms with Crippen LogP contribution >= 0.6 is 0 Å². The Bertz CT molecular complexity index is 391. The van der Waals surface area contributed by atoms with Crippen LogP contribution in [-0.2, 0) is 4.74 Å². The standard InChI is InChI=1S/C12H18F3NO3/c1-10(2,3)19-9(17)16-6-7-4-8(16)11(18,5-7)12(13,14)15/h7-8,18H,4-6H2,1-3H3/t7-,8+,11-/m0/s1. The lowest BCUT2D eigenvalue weighted by Gasteiger charge is -2.40. The fraction of sp³-hybridized carbons (Fsp3) is 0.917. The van der Waals surface area contributed by atoms with Gasteiger partial charge in [0.2, 0.25) is 0 Å². The van der Waals surface area contributed by atoms with E-state index in [9.17, 15) is 23.1 Å². The molecular formula is C12H18F3NO3. The number of carbonyl (C=O) groups is 1. The molecule has 110 valence electrons. The Labute approximate surface area is 109 Å². The number of fused-ring (bicyclic) bond motifs is 2. The summed E-state index contributed by atoms with van der Waals surface area (Å²) < 4.78 is 43.9. The minimum atomic E-state index is -4.73. The number of amides is 1. The Hall–Kier alpha value is -0.980. The zero-order valence-corrected chi connectivity index (χ0v) is 11.1. The van der Waals surface area contributed by atoms with Crippen LogP contribution in [0.2, 0.25) is 0 Å². The Morgan fingerprint density at radius 3 is 2.37 bits per heavy atom. The molecule has 0 aromatic carbocycles. The molecule has 1 aliphatic carbocycles. The summed E-state index contributed by atoms with van der Waals surface area (Å²) in [5.74, 6) is -0.316. The molecule has 0 aromatic heterocycles. The molecule has 0 radical (unpaired) electrons. The number of rotatable bonds is 0. The number of nitrogens with zero attached hydrogens (tertiary/aromatic N) is 1. The van der Waals surface area contributed by atoms with Crippen molar-refractivity contribution < 1.29 is 27.8 Å². The number of carbonyl (C=O) groups excluding carboxylic acids is 1. The molecule has 4 nitrogen and oxygen atoms in total.